The minimum absolute atomic E-state index is 0.189. The van der Waals surface area contributed by atoms with Gasteiger partial charge < -0.3 is 15.1 Å². The summed E-state index contributed by atoms with van der Waals surface area (Å²) >= 11 is 5.18. The Morgan fingerprint density at radius 1 is 0.889 bits per heavy atom. The molecule has 2 amide bonds. The van der Waals surface area contributed by atoms with Gasteiger partial charge in [0.25, 0.3) is 11.8 Å². The molecular formula is C20H17N3O3S. The van der Waals surface area contributed by atoms with Gasteiger partial charge >= 0.3 is 0 Å². The Hall–Kier alpha value is -3.45. The van der Waals surface area contributed by atoms with Crippen LogP contribution in [0.25, 0.3) is 0 Å². The monoisotopic (exact) mass is 379 g/mol. The molecule has 0 aliphatic carbocycles. The van der Waals surface area contributed by atoms with Gasteiger partial charge in [-0.3, -0.25) is 14.9 Å². The molecule has 0 atom stereocenters. The fourth-order valence-electron chi connectivity index (χ4n) is 2.36. The van der Waals surface area contributed by atoms with Crippen LogP contribution in [0.5, 0.6) is 0 Å². The van der Waals surface area contributed by atoms with E-state index in [0.717, 1.165) is 5.56 Å². The number of nitrogens with one attached hydrogen (secondary N) is 3. The van der Waals surface area contributed by atoms with Crippen molar-refractivity contribution in [1.82, 2.24) is 5.32 Å². The highest BCUT2D eigenvalue weighted by atomic mass is 32.1. The lowest BCUT2D eigenvalue weighted by atomic mass is 10.1. The third-order valence-corrected chi connectivity index (χ3v) is 3.86. The van der Waals surface area contributed by atoms with Gasteiger partial charge in [0.05, 0.1) is 6.26 Å². The van der Waals surface area contributed by atoms with Crippen LogP contribution >= 0.6 is 12.2 Å². The average Bonchev–Trinajstić information content (AvgIpc) is 3.18. The van der Waals surface area contributed by atoms with Gasteiger partial charge in [-0.2, -0.15) is 0 Å². The number of benzene rings is 2. The van der Waals surface area contributed by atoms with Crippen molar-refractivity contribution in [2.24, 2.45) is 0 Å². The standard InChI is InChI=1S/C20H17N3O3S/c1-13-4-2-5-14(12-13)18(24)23-20(27)22-16-9-7-15(8-10-16)21-19(25)17-6-3-11-26-17/h2-12H,1H3,(H,21,25)(H2,22,23,24,27). The fraction of sp³-hybridized carbons (Fsp3) is 0.0500. The van der Waals surface area contributed by atoms with Crippen LogP contribution in [0, 0.1) is 6.92 Å². The lowest BCUT2D eigenvalue weighted by Crippen LogP contribution is -2.34. The molecule has 0 unspecified atom stereocenters. The van der Waals surface area contributed by atoms with E-state index in [1.807, 2.05) is 19.1 Å². The number of hydrogen-bond acceptors (Lipinski definition) is 4. The number of aryl methyl sites for hydroxylation is 1. The van der Waals surface area contributed by atoms with E-state index < -0.39 is 0 Å². The summed E-state index contributed by atoms with van der Waals surface area (Å²) in [7, 11) is 0. The third-order valence-electron chi connectivity index (χ3n) is 3.65. The number of hydrogen-bond donors (Lipinski definition) is 3. The van der Waals surface area contributed by atoms with Gasteiger partial charge in [-0.05, 0) is 67.7 Å². The minimum Gasteiger partial charge on any atom is -0.459 e. The number of amides is 2. The van der Waals surface area contributed by atoms with E-state index in [-0.39, 0.29) is 22.7 Å². The van der Waals surface area contributed by atoms with Gasteiger partial charge in [-0.15, -0.1) is 0 Å². The van der Waals surface area contributed by atoms with Crippen LogP contribution in [0.3, 0.4) is 0 Å². The molecular weight excluding hydrogens is 362 g/mol. The summed E-state index contributed by atoms with van der Waals surface area (Å²) in [6.45, 7) is 1.92. The highest BCUT2D eigenvalue weighted by molar-refractivity contribution is 7.80. The molecule has 1 heterocycles. The molecule has 3 rings (SSSR count). The molecule has 0 saturated carbocycles. The Labute approximate surface area is 161 Å². The number of furan rings is 1. The van der Waals surface area contributed by atoms with E-state index in [9.17, 15) is 9.59 Å². The molecule has 136 valence electrons. The van der Waals surface area contributed by atoms with Crippen molar-refractivity contribution < 1.29 is 14.0 Å². The molecule has 0 saturated heterocycles. The Morgan fingerprint density at radius 3 is 2.22 bits per heavy atom. The molecule has 0 fully saturated rings. The first-order chi connectivity index (χ1) is 13.0. The molecule has 3 N–H and O–H groups in total. The molecule has 0 spiro atoms. The highest BCUT2D eigenvalue weighted by Crippen LogP contribution is 2.15. The predicted octanol–water partition coefficient (Wildman–Crippen LogP) is 3.97. The molecule has 3 aromatic rings. The second-order valence-corrected chi connectivity index (χ2v) is 6.19. The largest absolute Gasteiger partial charge is 0.459 e. The Kier molecular flexibility index (Phi) is 5.63. The lowest BCUT2D eigenvalue weighted by molar-refractivity contribution is 0.0975. The maximum absolute atomic E-state index is 12.2. The molecule has 0 aliphatic rings. The van der Waals surface area contributed by atoms with Crippen molar-refractivity contribution in [3.63, 3.8) is 0 Å². The highest BCUT2D eigenvalue weighted by Gasteiger charge is 2.10. The zero-order valence-corrected chi connectivity index (χ0v) is 15.3. The summed E-state index contributed by atoms with van der Waals surface area (Å²) in [4.78, 5) is 24.1. The number of anilines is 2. The van der Waals surface area contributed by atoms with E-state index >= 15 is 0 Å². The summed E-state index contributed by atoms with van der Waals surface area (Å²) in [5.41, 5.74) is 2.82. The second kappa shape index (κ2) is 8.29. The van der Waals surface area contributed by atoms with Crippen LogP contribution in [-0.4, -0.2) is 16.9 Å². The normalized spacial score (nSPS) is 10.1. The van der Waals surface area contributed by atoms with Crippen molar-refractivity contribution in [3.8, 4) is 0 Å². The zero-order chi connectivity index (χ0) is 19.2. The van der Waals surface area contributed by atoms with Gasteiger partial charge in [0, 0.05) is 16.9 Å². The van der Waals surface area contributed by atoms with E-state index in [2.05, 4.69) is 16.0 Å². The first kappa shape index (κ1) is 18.3. The van der Waals surface area contributed by atoms with Crippen LogP contribution in [-0.2, 0) is 0 Å². The zero-order valence-electron chi connectivity index (χ0n) is 14.5. The van der Waals surface area contributed by atoms with Gasteiger partial charge in [0.2, 0.25) is 0 Å². The Balaban J connectivity index is 1.55. The smallest absolute Gasteiger partial charge is 0.291 e. The van der Waals surface area contributed by atoms with Gasteiger partial charge in [0.15, 0.2) is 10.9 Å². The lowest BCUT2D eigenvalue weighted by Gasteiger charge is -2.11. The van der Waals surface area contributed by atoms with Gasteiger partial charge in [0.1, 0.15) is 0 Å². The number of thiocarbonyl (C=S) groups is 1. The summed E-state index contributed by atoms with van der Waals surface area (Å²) in [6.07, 6.45) is 1.44. The molecule has 0 aliphatic heterocycles. The topological polar surface area (TPSA) is 83.4 Å². The minimum atomic E-state index is -0.332. The number of carbonyl (C=O) groups excluding carboxylic acids is 2. The second-order valence-electron chi connectivity index (χ2n) is 5.79. The Bertz CT molecular complexity index is 966. The van der Waals surface area contributed by atoms with Crippen LogP contribution in [0.15, 0.2) is 71.3 Å². The summed E-state index contributed by atoms with van der Waals surface area (Å²) < 4.78 is 5.04. The van der Waals surface area contributed by atoms with Crippen molar-refractivity contribution in [2.75, 3.05) is 10.6 Å². The first-order valence-corrected chi connectivity index (χ1v) is 8.56. The quantitative estimate of drug-likeness (QED) is 0.598. The van der Waals surface area contributed by atoms with Crippen molar-refractivity contribution in [2.45, 2.75) is 6.92 Å². The van der Waals surface area contributed by atoms with Crippen molar-refractivity contribution >= 4 is 40.5 Å². The van der Waals surface area contributed by atoms with Crippen molar-refractivity contribution in [3.05, 3.63) is 83.8 Å². The molecule has 1 aromatic heterocycles. The van der Waals surface area contributed by atoms with E-state index in [1.165, 1.54) is 6.26 Å². The fourth-order valence-corrected chi connectivity index (χ4v) is 2.57. The predicted molar refractivity (Wildman–Crippen MR) is 108 cm³/mol. The molecule has 27 heavy (non-hydrogen) atoms. The molecule has 2 aromatic carbocycles. The van der Waals surface area contributed by atoms with Gasteiger partial charge in [-0.1, -0.05) is 17.7 Å². The van der Waals surface area contributed by atoms with E-state index in [0.29, 0.717) is 16.9 Å². The van der Waals surface area contributed by atoms with Crippen molar-refractivity contribution in [1.29, 1.82) is 0 Å². The molecule has 0 radical (unpaired) electrons. The average molecular weight is 379 g/mol. The van der Waals surface area contributed by atoms with Crippen LogP contribution in [0.2, 0.25) is 0 Å². The summed E-state index contributed by atoms with van der Waals surface area (Å²) in [6, 6.07) is 17.4. The molecule has 7 heteroatoms. The third kappa shape index (κ3) is 5.02. The van der Waals surface area contributed by atoms with E-state index in [1.54, 1.807) is 48.5 Å². The number of carbonyl (C=O) groups is 2. The van der Waals surface area contributed by atoms with Gasteiger partial charge in [-0.25, -0.2) is 0 Å². The molecule has 6 nitrogen and oxygen atoms in total. The first-order valence-electron chi connectivity index (χ1n) is 8.15. The maximum Gasteiger partial charge on any atom is 0.291 e. The van der Waals surface area contributed by atoms with Crippen LogP contribution < -0.4 is 16.0 Å². The summed E-state index contributed by atoms with van der Waals surface area (Å²) in [5.74, 6) is -0.377. The summed E-state index contributed by atoms with van der Waals surface area (Å²) in [5, 5.41) is 8.48. The SMILES string of the molecule is Cc1cccc(C(=O)NC(=S)Nc2ccc(NC(=O)c3ccco3)cc2)c1. The van der Waals surface area contributed by atoms with Crippen LogP contribution in [0.4, 0.5) is 11.4 Å². The van der Waals surface area contributed by atoms with Crippen LogP contribution in [0.1, 0.15) is 26.5 Å². The molecule has 0 bridgehead atoms. The Morgan fingerprint density at radius 2 is 1.59 bits per heavy atom. The number of rotatable bonds is 4. The van der Waals surface area contributed by atoms with E-state index in [4.69, 9.17) is 16.6 Å². The maximum atomic E-state index is 12.2.